The van der Waals surface area contributed by atoms with Crippen molar-refractivity contribution in [3.63, 3.8) is 0 Å². The highest BCUT2D eigenvalue weighted by atomic mass is 32.2. The lowest BCUT2D eigenvalue weighted by atomic mass is 10.1. The molecule has 0 spiro atoms. The number of carbonyl (C=O) groups excluding carboxylic acids is 2. The summed E-state index contributed by atoms with van der Waals surface area (Å²) >= 11 is 2.71. The number of ether oxygens (including phenoxy) is 1. The second-order valence-electron chi connectivity index (χ2n) is 8.85. The van der Waals surface area contributed by atoms with E-state index < -0.39 is 21.0 Å². The Balaban J connectivity index is 1.65. The van der Waals surface area contributed by atoms with E-state index in [1.54, 1.807) is 0 Å². The monoisotopic (exact) mass is 565 g/mol. The molecule has 1 aromatic heterocycles. The number of rotatable bonds is 17. The van der Waals surface area contributed by atoms with Gasteiger partial charge in [-0.25, -0.2) is 0 Å². The molecule has 0 radical (unpaired) electrons. The summed E-state index contributed by atoms with van der Waals surface area (Å²) < 4.78 is 22.6. The molecule has 3 N–H and O–H groups in total. The number of aliphatic hydroxyl groups excluding tert-OH is 2. The van der Waals surface area contributed by atoms with Crippen molar-refractivity contribution < 1.29 is 37.8 Å². The van der Waals surface area contributed by atoms with Gasteiger partial charge in [-0.15, -0.1) is 10.2 Å². The largest absolute Gasteiger partial charge is 0.500 e. The molecule has 0 aliphatic carbocycles. The third-order valence-electron chi connectivity index (χ3n) is 5.85. The molecule has 206 valence electrons. The maximum atomic E-state index is 12.2. The molecule has 1 aliphatic heterocycles. The lowest BCUT2D eigenvalue weighted by Gasteiger charge is -2.24. The summed E-state index contributed by atoms with van der Waals surface area (Å²) in [5, 5.41) is 32.3. The molecular formula is C22H39N3O8S2Si. The molecule has 4 atom stereocenters. The van der Waals surface area contributed by atoms with Crippen LogP contribution in [0.3, 0.4) is 0 Å². The van der Waals surface area contributed by atoms with Gasteiger partial charge in [0.05, 0.1) is 24.4 Å². The Morgan fingerprint density at radius 1 is 1.25 bits per heavy atom. The average Bonchev–Trinajstić information content (AvgIpc) is 3.24. The number of anilines is 1. The Hall–Kier alpha value is -0.973. The minimum absolute atomic E-state index is 0.0363. The molecule has 2 heterocycles. The number of nitrogens with zero attached hydrogens (tertiary/aromatic N) is 2. The first-order valence-electron chi connectivity index (χ1n) is 12.1. The number of aromatic nitrogens is 2. The van der Waals surface area contributed by atoms with Crippen LogP contribution in [0.2, 0.25) is 6.04 Å². The molecule has 0 aromatic carbocycles. The fraction of sp³-hybridized carbons (Fsp3) is 0.818. The van der Waals surface area contributed by atoms with Gasteiger partial charge in [0.1, 0.15) is 11.6 Å². The summed E-state index contributed by atoms with van der Waals surface area (Å²) in [4.78, 5) is 23.9. The molecule has 1 aromatic rings. The molecule has 0 bridgehead atoms. The number of hydrogen-bond donors (Lipinski definition) is 3. The number of hydrogen-bond acceptors (Lipinski definition) is 13. The molecule has 4 unspecified atom stereocenters. The van der Waals surface area contributed by atoms with Gasteiger partial charge in [0.2, 0.25) is 5.13 Å². The Morgan fingerprint density at radius 2 is 1.97 bits per heavy atom. The van der Waals surface area contributed by atoms with Crippen LogP contribution in [0.4, 0.5) is 5.13 Å². The lowest BCUT2D eigenvalue weighted by Crippen LogP contribution is -2.42. The second-order valence-corrected chi connectivity index (χ2v) is 14.2. The highest BCUT2D eigenvalue weighted by Gasteiger charge is 2.37. The molecular weight excluding hydrogens is 526 g/mol. The van der Waals surface area contributed by atoms with Crippen LogP contribution in [0.25, 0.3) is 0 Å². The fourth-order valence-corrected chi connectivity index (χ4v) is 7.39. The van der Waals surface area contributed by atoms with Crippen molar-refractivity contribution in [1.29, 1.82) is 0 Å². The van der Waals surface area contributed by atoms with Gasteiger partial charge < -0.3 is 33.5 Å². The fourth-order valence-electron chi connectivity index (χ4n) is 3.94. The number of aliphatic hydroxyl groups is 2. The van der Waals surface area contributed by atoms with Crippen molar-refractivity contribution in [2.45, 2.75) is 86.7 Å². The van der Waals surface area contributed by atoms with Crippen molar-refractivity contribution in [2.24, 2.45) is 0 Å². The van der Waals surface area contributed by atoms with Crippen LogP contribution >= 0.6 is 23.1 Å². The number of nitrogens with one attached hydrogen (secondary N) is 1. The van der Waals surface area contributed by atoms with Crippen molar-refractivity contribution in [3.05, 3.63) is 0 Å². The van der Waals surface area contributed by atoms with E-state index in [0.29, 0.717) is 59.8 Å². The summed E-state index contributed by atoms with van der Waals surface area (Å²) in [5.41, 5.74) is 0. The van der Waals surface area contributed by atoms with Crippen molar-refractivity contribution in [1.82, 2.24) is 10.2 Å². The van der Waals surface area contributed by atoms with Crippen LogP contribution < -0.4 is 5.32 Å². The standard InChI is InChI=1S/C22H39N3O8S2Si/c1-15-10-17(27)7-8-20(33-15)12-19(29)14-34-22-25-24-21(35-22)23-13-18(28)11-16(26)6-5-9-36(30-2,31-3)32-4/h15,18-20,28-29H,5-14H2,1-4H3,(H,23,24). The normalized spacial score (nSPS) is 20.7. The predicted octanol–water partition coefficient (Wildman–Crippen LogP) is 2.30. The SMILES string of the molecule is CO[Si](CCCC(=O)CC(O)CNc1nnc(SCC(O)CC2CCC(=O)CC(C)O2)s1)(OC)OC. The molecule has 1 fully saturated rings. The van der Waals surface area contributed by atoms with E-state index in [2.05, 4.69) is 15.5 Å². The summed E-state index contributed by atoms with van der Waals surface area (Å²) in [6.07, 6.45) is 1.28. The molecule has 1 saturated heterocycles. The van der Waals surface area contributed by atoms with Gasteiger partial charge in [-0.2, -0.15) is 0 Å². The van der Waals surface area contributed by atoms with Crippen LogP contribution in [0.5, 0.6) is 0 Å². The highest BCUT2D eigenvalue weighted by Crippen LogP contribution is 2.28. The zero-order valence-corrected chi connectivity index (χ0v) is 24.1. The number of Topliss-reactive ketones (excluding diaryl/α,β-unsaturated/α-hetero) is 2. The van der Waals surface area contributed by atoms with Crippen LogP contribution in [-0.4, -0.2) is 98.8 Å². The third-order valence-corrected chi connectivity index (χ3v) is 10.8. The van der Waals surface area contributed by atoms with Crippen molar-refractivity contribution in [2.75, 3.05) is 38.9 Å². The first-order valence-corrected chi connectivity index (χ1v) is 15.8. The van der Waals surface area contributed by atoms with E-state index in [-0.39, 0.29) is 36.7 Å². The molecule has 36 heavy (non-hydrogen) atoms. The summed E-state index contributed by atoms with van der Waals surface area (Å²) in [6.45, 7) is 2.06. The van der Waals surface area contributed by atoms with E-state index in [4.69, 9.17) is 18.0 Å². The van der Waals surface area contributed by atoms with Crippen LogP contribution in [0.1, 0.15) is 51.9 Å². The van der Waals surface area contributed by atoms with E-state index in [9.17, 15) is 19.8 Å². The summed E-state index contributed by atoms with van der Waals surface area (Å²) in [5.74, 6) is 0.600. The van der Waals surface area contributed by atoms with E-state index >= 15 is 0 Å². The van der Waals surface area contributed by atoms with Gasteiger partial charge in [0.25, 0.3) is 0 Å². The molecule has 0 amide bonds. The van der Waals surface area contributed by atoms with Crippen LogP contribution in [0, 0.1) is 0 Å². The zero-order chi connectivity index (χ0) is 26.6. The van der Waals surface area contributed by atoms with Gasteiger partial charge in [0, 0.05) is 71.8 Å². The van der Waals surface area contributed by atoms with E-state index in [1.807, 2.05) is 6.92 Å². The number of thioether (sulfide) groups is 1. The second kappa shape index (κ2) is 16.1. The molecule has 11 nitrogen and oxygen atoms in total. The maximum absolute atomic E-state index is 12.2. The third kappa shape index (κ3) is 11.2. The molecule has 2 rings (SSSR count). The van der Waals surface area contributed by atoms with Gasteiger partial charge in [-0.3, -0.25) is 9.59 Å². The Morgan fingerprint density at radius 3 is 2.67 bits per heavy atom. The average molecular weight is 566 g/mol. The Kier molecular flexibility index (Phi) is 14.0. The maximum Gasteiger partial charge on any atom is 0.500 e. The van der Waals surface area contributed by atoms with Crippen molar-refractivity contribution >= 4 is 48.6 Å². The van der Waals surface area contributed by atoms with Gasteiger partial charge in [-0.1, -0.05) is 23.1 Å². The first kappa shape index (κ1) is 31.2. The minimum Gasteiger partial charge on any atom is -0.392 e. The molecule has 14 heteroatoms. The zero-order valence-electron chi connectivity index (χ0n) is 21.4. The van der Waals surface area contributed by atoms with Gasteiger partial charge in [-0.05, 0) is 19.8 Å². The smallest absolute Gasteiger partial charge is 0.392 e. The number of carbonyl (C=O) groups is 2. The first-order chi connectivity index (χ1) is 17.2. The Labute approximate surface area is 222 Å². The lowest BCUT2D eigenvalue weighted by molar-refractivity contribution is -0.121. The summed E-state index contributed by atoms with van der Waals surface area (Å²) in [7, 11) is 1.92. The van der Waals surface area contributed by atoms with Crippen LogP contribution in [-0.2, 0) is 27.6 Å². The van der Waals surface area contributed by atoms with E-state index in [1.165, 1.54) is 44.4 Å². The van der Waals surface area contributed by atoms with E-state index in [0.717, 1.165) is 0 Å². The Bertz CT molecular complexity index is 806. The van der Waals surface area contributed by atoms with Gasteiger partial charge in [0.15, 0.2) is 4.34 Å². The highest BCUT2D eigenvalue weighted by molar-refractivity contribution is 8.01. The van der Waals surface area contributed by atoms with Crippen molar-refractivity contribution in [3.8, 4) is 0 Å². The summed E-state index contributed by atoms with van der Waals surface area (Å²) in [6, 6.07) is 0.531. The topological polar surface area (TPSA) is 149 Å². The minimum atomic E-state index is -2.69. The molecule has 0 saturated carbocycles. The van der Waals surface area contributed by atoms with Gasteiger partial charge >= 0.3 is 8.80 Å². The molecule has 1 aliphatic rings. The van der Waals surface area contributed by atoms with Crippen LogP contribution in [0.15, 0.2) is 4.34 Å². The predicted molar refractivity (Wildman–Crippen MR) is 139 cm³/mol. The number of ketones is 2. The quantitative estimate of drug-likeness (QED) is 0.188.